The zero-order valence-electron chi connectivity index (χ0n) is 21.7. The molecule has 1 aliphatic heterocycles. The fourth-order valence-corrected chi connectivity index (χ4v) is 5.01. The van der Waals surface area contributed by atoms with E-state index in [1.165, 1.54) is 0 Å². The maximum atomic E-state index is 12.9. The highest BCUT2D eigenvalue weighted by Gasteiger charge is 2.25. The molecule has 0 radical (unpaired) electrons. The summed E-state index contributed by atoms with van der Waals surface area (Å²) in [5.74, 6) is -0.566. The third-order valence-electron chi connectivity index (χ3n) is 6.25. The van der Waals surface area contributed by atoms with Crippen molar-refractivity contribution in [1.82, 2.24) is 4.90 Å². The molecule has 0 atom stereocenters. The molecule has 0 aliphatic carbocycles. The highest BCUT2D eigenvalue weighted by Crippen LogP contribution is 2.32. The molecule has 4 rings (SSSR count). The molecule has 0 bridgehead atoms. The molecule has 8 nitrogen and oxygen atoms in total. The van der Waals surface area contributed by atoms with Crippen LogP contribution in [0.2, 0.25) is 10.0 Å². The number of piperazine rings is 1. The molecule has 3 aromatic rings. The summed E-state index contributed by atoms with van der Waals surface area (Å²) in [7, 11) is 0. The molecule has 1 heterocycles. The zero-order chi connectivity index (χ0) is 27.9. The molecule has 204 valence electrons. The number of nitrogens with one attached hydrogen (secondary N) is 1. The molecule has 0 spiro atoms. The number of amides is 2. The second-order valence-electron chi connectivity index (χ2n) is 8.97. The predicted molar refractivity (Wildman–Crippen MR) is 152 cm³/mol. The Labute approximate surface area is 237 Å². The lowest BCUT2D eigenvalue weighted by atomic mass is 10.1. The molecule has 2 amide bonds. The second kappa shape index (κ2) is 12.9. The van der Waals surface area contributed by atoms with Crippen molar-refractivity contribution in [2.45, 2.75) is 13.8 Å². The van der Waals surface area contributed by atoms with Crippen molar-refractivity contribution >= 4 is 52.4 Å². The summed E-state index contributed by atoms with van der Waals surface area (Å²) in [6.45, 7) is 5.57. The summed E-state index contributed by atoms with van der Waals surface area (Å²) in [6.07, 6.45) is 0. The number of aryl methyl sites for hydroxylation is 1. The molecule has 0 unspecified atom stereocenters. The molecule has 1 fully saturated rings. The van der Waals surface area contributed by atoms with Gasteiger partial charge < -0.3 is 24.6 Å². The largest absolute Gasteiger partial charge is 0.482 e. The minimum Gasteiger partial charge on any atom is -0.482 e. The number of hydrogen-bond donors (Lipinski definition) is 1. The van der Waals surface area contributed by atoms with Crippen LogP contribution in [0.5, 0.6) is 5.75 Å². The van der Waals surface area contributed by atoms with Gasteiger partial charge in [0.1, 0.15) is 5.75 Å². The maximum Gasteiger partial charge on any atom is 0.338 e. The van der Waals surface area contributed by atoms with Crippen LogP contribution in [0.3, 0.4) is 0 Å². The number of halogens is 2. The van der Waals surface area contributed by atoms with Gasteiger partial charge in [-0.2, -0.15) is 0 Å². The fourth-order valence-electron chi connectivity index (χ4n) is 4.36. The monoisotopic (exact) mass is 569 g/mol. The zero-order valence-corrected chi connectivity index (χ0v) is 23.2. The molecule has 10 heteroatoms. The Morgan fingerprint density at radius 1 is 0.923 bits per heavy atom. The fraction of sp³-hybridized carbons (Fsp3) is 0.276. The van der Waals surface area contributed by atoms with Crippen molar-refractivity contribution in [2.24, 2.45) is 0 Å². The summed E-state index contributed by atoms with van der Waals surface area (Å²) in [5.41, 5.74) is 2.83. The van der Waals surface area contributed by atoms with E-state index in [1.807, 2.05) is 23.1 Å². The van der Waals surface area contributed by atoms with Gasteiger partial charge in [0.25, 0.3) is 11.8 Å². The van der Waals surface area contributed by atoms with E-state index in [2.05, 4.69) is 10.2 Å². The molecule has 1 saturated heterocycles. The number of carbonyl (C=O) groups is 3. The van der Waals surface area contributed by atoms with Crippen LogP contribution in [0.25, 0.3) is 0 Å². The summed E-state index contributed by atoms with van der Waals surface area (Å²) < 4.78 is 10.8. The van der Waals surface area contributed by atoms with Gasteiger partial charge in [-0.15, -0.1) is 0 Å². The van der Waals surface area contributed by atoms with E-state index in [-0.39, 0.29) is 19.1 Å². The highest BCUT2D eigenvalue weighted by molar-refractivity contribution is 6.35. The summed E-state index contributed by atoms with van der Waals surface area (Å²) >= 11 is 12.3. The predicted octanol–water partition coefficient (Wildman–Crippen LogP) is 5.46. The minimum atomic E-state index is -0.488. The number of nitrogens with zero attached hydrogens (tertiary/aromatic N) is 2. The molecule has 3 aromatic carbocycles. The first kappa shape index (κ1) is 28.3. The Morgan fingerprint density at radius 3 is 2.31 bits per heavy atom. The maximum absolute atomic E-state index is 12.9. The van der Waals surface area contributed by atoms with Crippen molar-refractivity contribution < 1.29 is 23.9 Å². The van der Waals surface area contributed by atoms with Crippen LogP contribution >= 0.6 is 23.2 Å². The average Bonchev–Trinajstić information content (AvgIpc) is 2.93. The molecule has 1 N–H and O–H groups in total. The van der Waals surface area contributed by atoms with Gasteiger partial charge in [0.2, 0.25) is 0 Å². The second-order valence-corrected chi connectivity index (χ2v) is 9.81. The van der Waals surface area contributed by atoms with Crippen LogP contribution < -0.4 is 15.0 Å². The van der Waals surface area contributed by atoms with Crippen LogP contribution in [0, 0.1) is 6.92 Å². The van der Waals surface area contributed by atoms with Gasteiger partial charge in [-0.25, -0.2) is 4.79 Å². The van der Waals surface area contributed by atoms with Crippen molar-refractivity contribution in [3.05, 3.63) is 87.4 Å². The quantitative estimate of drug-likeness (QED) is 0.362. The van der Waals surface area contributed by atoms with E-state index in [9.17, 15) is 14.4 Å². The SMILES string of the molecule is CCOC(=O)c1ccc(N2CCN(C(=O)c3ccccc3)CC2)c(NC(=O)COc2c(C)cc(Cl)cc2Cl)c1. The molecule has 0 saturated carbocycles. The number of esters is 1. The van der Waals surface area contributed by atoms with Gasteiger partial charge in [0, 0.05) is 36.8 Å². The third kappa shape index (κ3) is 7.02. The van der Waals surface area contributed by atoms with Crippen molar-refractivity contribution in [3.8, 4) is 5.75 Å². The normalized spacial score (nSPS) is 13.1. The van der Waals surface area contributed by atoms with Crippen molar-refractivity contribution in [1.29, 1.82) is 0 Å². The van der Waals surface area contributed by atoms with Crippen molar-refractivity contribution in [3.63, 3.8) is 0 Å². The third-order valence-corrected chi connectivity index (χ3v) is 6.75. The number of hydrogen-bond acceptors (Lipinski definition) is 6. The van der Waals surface area contributed by atoms with Gasteiger partial charge in [-0.05, 0) is 61.9 Å². The Kier molecular flexibility index (Phi) is 9.32. The van der Waals surface area contributed by atoms with E-state index in [4.69, 9.17) is 32.7 Å². The lowest BCUT2D eigenvalue weighted by Gasteiger charge is -2.37. The lowest BCUT2D eigenvalue weighted by molar-refractivity contribution is -0.118. The van der Waals surface area contributed by atoms with E-state index in [0.717, 1.165) is 5.69 Å². The van der Waals surface area contributed by atoms with Crippen LogP contribution in [0.15, 0.2) is 60.7 Å². The van der Waals surface area contributed by atoms with Gasteiger partial charge in [-0.3, -0.25) is 9.59 Å². The summed E-state index contributed by atoms with van der Waals surface area (Å²) in [4.78, 5) is 42.1. The van der Waals surface area contributed by atoms with Crippen LogP contribution in [0.4, 0.5) is 11.4 Å². The van der Waals surface area contributed by atoms with Gasteiger partial charge >= 0.3 is 5.97 Å². The molecule has 1 aliphatic rings. The summed E-state index contributed by atoms with van der Waals surface area (Å²) in [6, 6.07) is 17.4. The van der Waals surface area contributed by atoms with Crippen LogP contribution in [-0.2, 0) is 9.53 Å². The number of rotatable bonds is 8. The van der Waals surface area contributed by atoms with E-state index < -0.39 is 11.9 Å². The average molecular weight is 570 g/mol. The van der Waals surface area contributed by atoms with Crippen LogP contribution in [0.1, 0.15) is 33.2 Å². The lowest BCUT2D eigenvalue weighted by Crippen LogP contribution is -2.49. The van der Waals surface area contributed by atoms with Gasteiger partial charge in [0.15, 0.2) is 6.61 Å². The summed E-state index contributed by atoms with van der Waals surface area (Å²) in [5, 5.41) is 3.64. The van der Waals surface area contributed by atoms with E-state index in [0.29, 0.717) is 64.4 Å². The number of ether oxygens (including phenoxy) is 2. The van der Waals surface area contributed by atoms with Crippen molar-refractivity contribution in [2.75, 3.05) is 49.6 Å². The minimum absolute atomic E-state index is 0.0188. The van der Waals surface area contributed by atoms with Gasteiger partial charge in [-0.1, -0.05) is 41.4 Å². The number of benzene rings is 3. The molecular weight excluding hydrogens is 541 g/mol. The number of anilines is 2. The first-order valence-corrected chi connectivity index (χ1v) is 13.3. The smallest absolute Gasteiger partial charge is 0.338 e. The topological polar surface area (TPSA) is 88.2 Å². The van der Waals surface area contributed by atoms with E-state index in [1.54, 1.807) is 56.3 Å². The van der Waals surface area contributed by atoms with Crippen LogP contribution in [-0.4, -0.2) is 62.1 Å². The molecule has 39 heavy (non-hydrogen) atoms. The van der Waals surface area contributed by atoms with Gasteiger partial charge in [0.05, 0.1) is 28.6 Å². The van der Waals surface area contributed by atoms with E-state index >= 15 is 0 Å². The Balaban J connectivity index is 1.49. The highest BCUT2D eigenvalue weighted by atomic mass is 35.5. The first-order valence-electron chi connectivity index (χ1n) is 12.6. The molecular formula is C29H29Cl2N3O5. The Morgan fingerprint density at radius 2 is 1.64 bits per heavy atom. The Bertz CT molecular complexity index is 1340. The molecule has 0 aromatic heterocycles. The first-order chi connectivity index (χ1) is 18.8. The Hall–Kier alpha value is -3.75. The number of carbonyl (C=O) groups excluding carboxylic acids is 3. The standard InChI is InChI=1S/C29H29Cl2N3O5/c1-3-38-29(37)21-9-10-25(33-11-13-34(14-12-33)28(36)20-7-5-4-6-8-20)24(16-21)32-26(35)18-39-27-19(2)15-22(30)17-23(27)31/h4-10,15-17H,3,11-14,18H2,1-2H3,(H,32,35).